The first-order valence-electron chi connectivity index (χ1n) is 8.18. The Kier molecular flexibility index (Phi) is 2.56. The zero-order valence-corrected chi connectivity index (χ0v) is 12.7. The van der Waals surface area contributed by atoms with Crippen molar-refractivity contribution in [1.82, 2.24) is 5.01 Å². The van der Waals surface area contributed by atoms with Gasteiger partial charge in [0, 0.05) is 11.6 Å². The zero-order valence-electron chi connectivity index (χ0n) is 12.7. The van der Waals surface area contributed by atoms with Gasteiger partial charge in [-0.3, -0.25) is 9.59 Å². The molecule has 2 amide bonds. The van der Waals surface area contributed by atoms with E-state index in [0.717, 1.165) is 11.4 Å². The highest BCUT2D eigenvalue weighted by atomic mass is 16.3. The normalized spacial score (nSPS) is 38.8. The van der Waals surface area contributed by atoms with Crippen molar-refractivity contribution in [3.8, 4) is 11.5 Å². The first-order valence-corrected chi connectivity index (χ1v) is 8.18. The van der Waals surface area contributed by atoms with E-state index in [-0.39, 0.29) is 47.0 Å². The molecule has 6 atom stereocenters. The van der Waals surface area contributed by atoms with Crippen LogP contribution in [0.3, 0.4) is 0 Å². The maximum atomic E-state index is 12.7. The van der Waals surface area contributed by atoms with E-state index in [4.69, 9.17) is 0 Å². The summed E-state index contributed by atoms with van der Waals surface area (Å²) in [5.41, 5.74) is 0.340. The topological polar surface area (TPSA) is 90.2 Å². The van der Waals surface area contributed by atoms with Crippen LogP contribution in [0.2, 0.25) is 0 Å². The van der Waals surface area contributed by atoms with Gasteiger partial charge >= 0.3 is 0 Å². The number of carbonyl (C=O) groups is 2. The number of rotatable bonds is 2. The third kappa shape index (κ3) is 1.68. The van der Waals surface area contributed by atoms with E-state index in [1.807, 2.05) is 0 Å². The van der Waals surface area contributed by atoms with Crippen LogP contribution in [-0.2, 0) is 9.59 Å². The molecular formula is C18H16N2O4. The number of allylic oxidation sites excluding steroid dienone is 2. The Morgan fingerprint density at radius 3 is 2.25 bits per heavy atom. The molecule has 122 valence electrons. The van der Waals surface area contributed by atoms with E-state index < -0.39 is 0 Å². The lowest BCUT2D eigenvalue weighted by Crippen LogP contribution is -2.40. The van der Waals surface area contributed by atoms with Crippen LogP contribution < -0.4 is 0 Å². The molecule has 6 nitrogen and oxygen atoms in total. The molecule has 1 aliphatic heterocycles. The van der Waals surface area contributed by atoms with Crippen molar-refractivity contribution < 1.29 is 19.8 Å². The molecule has 1 aromatic rings. The van der Waals surface area contributed by atoms with Gasteiger partial charge in [-0.1, -0.05) is 12.2 Å². The van der Waals surface area contributed by atoms with Crippen LogP contribution in [0.1, 0.15) is 12.0 Å². The van der Waals surface area contributed by atoms with Crippen LogP contribution in [-0.4, -0.2) is 33.3 Å². The molecule has 5 aliphatic rings. The quantitative estimate of drug-likeness (QED) is 0.490. The van der Waals surface area contributed by atoms with E-state index in [1.54, 1.807) is 0 Å². The zero-order chi connectivity index (χ0) is 16.6. The van der Waals surface area contributed by atoms with Gasteiger partial charge in [0.05, 0.1) is 18.1 Å². The molecule has 1 aromatic carbocycles. The molecule has 0 aromatic heterocycles. The summed E-state index contributed by atoms with van der Waals surface area (Å²) in [6.45, 7) is 0. The molecule has 0 unspecified atom stereocenters. The number of hydrogen-bond acceptors (Lipinski definition) is 5. The lowest BCUT2D eigenvalue weighted by Gasteiger charge is -2.37. The SMILES string of the molecule is O=C1[C@@H]2[C@@H]3C=C[C@H]([C@@H]4C[C@H]34)[C@@H]2C(=O)N1/N=C\c1ccc(O)cc1O. The molecule has 0 radical (unpaired) electrons. The van der Waals surface area contributed by atoms with Crippen molar-refractivity contribution in [3.63, 3.8) is 0 Å². The molecule has 3 fully saturated rings. The fourth-order valence-corrected chi connectivity index (χ4v) is 4.82. The van der Waals surface area contributed by atoms with E-state index in [9.17, 15) is 19.8 Å². The largest absolute Gasteiger partial charge is 0.508 e. The number of amides is 2. The Morgan fingerprint density at radius 2 is 1.67 bits per heavy atom. The van der Waals surface area contributed by atoms with Crippen molar-refractivity contribution in [3.05, 3.63) is 35.9 Å². The number of benzene rings is 1. The summed E-state index contributed by atoms with van der Waals surface area (Å²) in [5, 5.41) is 24.1. The number of nitrogens with zero attached hydrogens (tertiary/aromatic N) is 2. The maximum absolute atomic E-state index is 12.7. The second kappa shape index (κ2) is 4.47. The summed E-state index contributed by atoms with van der Waals surface area (Å²) in [7, 11) is 0. The summed E-state index contributed by atoms with van der Waals surface area (Å²) in [6, 6.07) is 4.07. The number of hydrogen-bond donors (Lipinski definition) is 2. The van der Waals surface area contributed by atoms with Gasteiger partial charge in [0.25, 0.3) is 11.8 Å². The predicted octanol–water partition coefficient (Wildman–Crippen LogP) is 1.48. The van der Waals surface area contributed by atoms with Crippen LogP contribution in [0.4, 0.5) is 0 Å². The van der Waals surface area contributed by atoms with Gasteiger partial charge in [0.1, 0.15) is 11.5 Å². The monoisotopic (exact) mass is 324 g/mol. The molecule has 0 spiro atoms. The van der Waals surface area contributed by atoms with Crippen LogP contribution in [0.25, 0.3) is 0 Å². The van der Waals surface area contributed by atoms with Crippen LogP contribution >= 0.6 is 0 Å². The Balaban J connectivity index is 1.45. The van der Waals surface area contributed by atoms with Crippen LogP contribution in [0.15, 0.2) is 35.5 Å². The van der Waals surface area contributed by atoms with Crippen LogP contribution in [0.5, 0.6) is 11.5 Å². The molecule has 6 heteroatoms. The fraction of sp³-hybridized carbons (Fsp3) is 0.389. The van der Waals surface area contributed by atoms with Crippen molar-refractivity contribution in [2.24, 2.45) is 40.6 Å². The Hall–Kier alpha value is -2.63. The highest BCUT2D eigenvalue weighted by Gasteiger charge is 2.67. The molecule has 2 bridgehead atoms. The molecule has 6 rings (SSSR count). The number of hydrazone groups is 1. The van der Waals surface area contributed by atoms with Crippen molar-refractivity contribution in [2.45, 2.75) is 6.42 Å². The summed E-state index contributed by atoms with van der Waals surface area (Å²) in [6.07, 6.45) is 6.65. The van der Waals surface area contributed by atoms with Gasteiger partial charge in [-0.05, 0) is 42.2 Å². The molecule has 1 saturated heterocycles. The van der Waals surface area contributed by atoms with Crippen molar-refractivity contribution in [1.29, 1.82) is 0 Å². The maximum Gasteiger partial charge on any atom is 0.254 e. The number of phenols is 2. The van der Waals surface area contributed by atoms with Gasteiger partial charge in [0.2, 0.25) is 0 Å². The Labute approximate surface area is 138 Å². The minimum Gasteiger partial charge on any atom is -0.508 e. The molecule has 1 heterocycles. The first-order chi connectivity index (χ1) is 11.6. The van der Waals surface area contributed by atoms with E-state index in [2.05, 4.69) is 17.3 Å². The van der Waals surface area contributed by atoms with Crippen molar-refractivity contribution >= 4 is 18.0 Å². The molecule has 24 heavy (non-hydrogen) atoms. The van der Waals surface area contributed by atoms with E-state index in [1.165, 1.54) is 24.4 Å². The third-order valence-electron chi connectivity index (χ3n) is 5.97. The fourth-order valence-electron chi connectivity index (χ4n) is 4.82. The third-order valence-corrected chi connectivity index (χ3v) is 5.97. The average molecular weight is 324 g/mol. The summed E-state index contributed by atoms with van der Waals surface area (Å²) in [4.78, 5) is 25.4. The van der Waals surface area contributed by atoms with Gasteiger partial charge in [-0.25, -0.2) is 0 Å². The molecule has 2 N–H and O–H groups in total. The summed E-state index contributed by atoms with van der Waals surface area (Å²) < 4.78 is 0. The Bertz CT molecular complexity index is 794. The van der Waals surface area contributed by atoms with Gasteiger partial charge in [-0.2, -0.15) is 10.1 Å². The van der Waals surface area contributed by atoms with Crippen molar-refractivity contribution in [2.75, 3.05) is 0 Å². The number of carbonyl (C=O) groups excluding carboxylic acids is 2. The van der Waals surface area contributed by atoms with Gasteiger partial charge < -0.3 is 10.2 Å². The molecule has 2 saturated carbocycles. The highest BCUT2D eigenvalue weighted by Crippen LogP contribution is 2.65. The minimum absolute atomic E-state index is 0.0640. The number of aromatic hydroxyl groups is 2. The smallest absolute Gasteiger partial charge is 0.254 e. The molecular weight excluding hydrogens is 308 g/mol. The second-order valence-electron chi connectivity index (χ2n) is 7.13. The Morgan fingerprint density at radius 1 is 1.04 bits per heavy atom. The highest BCUT2D eigenvalue weighted by molar-refractivity contribution is 6.06. The van der Waals surface area contributed by atoms with E-state index in [0.29, 0.717) is 17.4 Å². The minimum atomic E-state index is -0.276. The first kappa shape index (κ1) is 13.8. The predicted molar refractivity (Wildman–Crippen MR) is 83.9 cm³/mol. The second-order valence-corrected chi connectivity index (χ2v) is 7.13. The number of imide groups is 1. The van der Waals surface area contributed by atoms with Crippen LogP contribution in [0, 0.1) is 35.5 Å². The summed E-state index contributed by atoms with van der Waals surface area (Å²) >= 11 is 0. The summed E-state index contributed by atoms with van der Waals surface area (Å²) in [5.74, 6) is 0.222. The average Bonchev–Trinajstić information content (AvgIpc) is 3.33. The van der Waals surface area contributed by atoms with Gasteiger partial charge in [0.15, 0.2) is 0 Å². The van der Waals surface area contributed by atoms with Gasteiger partial charge in [-0.15, -0.1) is 0 Å². The number of phenolic OH excluding ortho intramolecular Hbond substituents is 2. The lowest BCUT2D eigenvalue weighted by atomic mass is 9.63. The molecule has 4 aliphatic carbocycles. The lowest BCUT2D eigenvalue weighted by molar-refractivity contribution is -0.140. The standard InChI is InChI=1S/C18H16N2O4/c21-9-2-1-8(14(22)5-9)7-19-20-17(23)15-10-3-4-11(13-6-12(10)13)16(15)18(20)24/h1-5,7,10-13,15-16,21-22H,6H2/b19-7-/t10-,11-,12-,13+,15-,16+/m1/s1. The van der Waals surface area contributed by atoms with E-state index >= 15 is 0 Å².